The summed E-state index contributed by atoms with van der Waals surface area (Å²) in [5, 5.41) is -0.213. The van der Waals surface area contributed by atoms with Crippen molar-refractivity contribution in [2.75, 3.05) is 13.2 Å². The number of halogens is 1. The van der Waals surface area contributed by atoms with Gasteiger partial charge in [-0.2, -0.15) is 0 Å². The van der Waals surface area contributed by atoms with Crippen LogP contribution in [0.4, 0.5) is 0 Å². The van der Waals surface area contributed by atoms with Crippen molar-refractivity contribution in [3.63, 3.8) is 0 Å². The molecule has 3 rings (SSSR count). The zero-order valence-corrected chi connectivity index (χ0v) is 16.6. The Morgan fingerprint density at radius 3 is 2.23 bits per heavy atom. The van der Waals surface area contributed by atoms with Gasteiger partial charge in [-0.1, -0.05) is 42.8 Å². The maximum Gasteiger partial charge on any atom is 0.183 e. The van der Waals surface area contributed by atoms with Gasteiger partial charge in [0.1, 0.15) is 0 Å². The van der Waals surface area contributed by atoms with Crippen LogP contribution in [0.3, 0.4) is 0 Å². The van der Waals surface area contributed by atoms with Crippen molar-refractivity contribution in [2.24, 2.45) is 5.73 Å². The van der Waals surface area contributed by atoms with E-state index in [9.17, 15) is 8.42 Å². The van der Waals surface area contributed by atoms with Crippen LogP contribution in [0, 0.1) is 0 Å². The van der Waals surface area contributed by atoms with Crippen molar-refractivity contribution < 1.29 is 13.2 Å². The smallest absolute Gasteiger partial charge is 0.183 e. The molecular formula is C20H24ClNO3S. The van der Waals surface area contributed by atoms with Gasteiger partial charge in [0.15, 0.2) is 9.84 Å². The van der Waals surface area contributed by atoms with Gasteiger partial charge in [-0.05, 0) is 48.7 Å². The molecule has 2 N–H and O–H groups in total. The number of nitrogens with two attached hydrogens (primary N) is 1. The largest absolute Gasteiger partial charge is 0.380 e. The zero-order valence-electron chi connectivity index (χ0n) is 15.0. The van der Waals surface area contributed by atoms with Gasteiger partial charge in [-0.15, -0.1) is 0 Å². The van der Waals surface area contributed by atoms with Crippen LogP contribution in [0.1, 0.15) is 30.9 Å². The Kier molecular flexibility index (Phi) is 5.45. The molecule has 0 saturated heterocycles. The first kappa shape index (κ1) is 19.4. The fraction of sp³-hybridized carbons (Fsp3) is 0.400. The summed E-state index contributed by atoms with van der Waals surface area (Å²) in [7, 11) is -3.60. The maximum atomic E-state index is 13.2. The van der Waals surface area contributed by atoms with Crippen molar-refractivity contribution in [3.05, 3.63) is 64.7 Å². The summed E-state index contributed by atoms with van der Waals surface area (Å²) in [4.78, 5) is 0.242. The third-order valence-corrected chi connectivity index (χ3v) is 7.64. The first-order valence-electron chi connectivity index (χ1n) is 8.79. The Morgan fingerprint density at radius 2 is 1.69 bits per heavy atom. The molecule has 4 nitrogen and oxygen atoms in total. The fourth-order valence-electron chi connectivity index (χ4n) is 3.56. The standard InChI is InChI=1S/C20H24ClNO3S/c1-3-14-5-7-15(8-6-14)18-19(20(18,22)13-25-4-2)26(23,24)17-11-9-16(21)10-12-17/h5-12,18-19H,3-4,13,22H2,1-2H3/t18-,19+,20-/m1/s1. The van der Waals surface area contributed by atoms with E-state index in [0.717, 1.165) is 12.0 Å². The average molecular weight is 394 g/mol. The van der Waals surface area contributed by atoms with E-state index in [1.807, 2.05) is 31.2 Å². The van der Waals surface area contributed by atoms with Gasteiger partial charge in [-0.3, -0.25) is 0 Å². The van der Waals surface area contributed by atoms with Gasteiger partial charge >= 0.3 is 0 Å². The van der Waals surface area contributed by atoms with E-state index in [1.54, 1.807) is 12.1 Å². The maximum absolute atomic E-state index is 13.2. The summed E-state index contributed by atoms with van der Waals surface area (Å²) in [6.45, 7) is 4.66. The highest BCUT2D eigenvalue weighted by molar-refractivity contribution is 7.92. The number of ether oxygens (including phenoxy) is 1. The van der Waals surface area contributed by atoms with E-state index in [1.165, 1.54) is 17.7 Å². The van der Waals surface area contributed by atoms with E-state index >= 15 is 0 Å². The first-order chi connectivity index (χ1) is 12.3. The number of hydrogen-bond acceptors (Lipinski definition) is 4. The van der Waals surface area contributed by atoms with Gasteiger partial charge in [0.2, 0.25) is 0 Å². The highest BCUT2D eigenvalue weighted by Crippen LogP contribution is 2.55. The third kappa shape index (κ3) is 3.41. The van der Waals surface area contributed by atoms with Crippen LogP contribution in [0.5, 0.6) is 0 Å². The second kappa shape index (κ2) is 7.31. The SMILES string of the molecule is CCOC[C@@]1(N)[C@H](c2ccc(CC)cc2)[C@@H]1S(=O)(=O)c1ccc(Cl)cc1. The molecule has 0 aromatic heterocycles. The number of hydrogen-bond donors (Lipinski definition) is 1. The lowest BCUT2D eigenvalue weighted by Crippen LogP contribution is -2.36. The molecule has 1 saturated carbocycles. The minimum atomic E-state index is -3.60. The summed E-state index contributed by atoms with van der Waals surface area (Å²) in [6, 6.07) is 14.3. The predicted octanol–water partition coefficient (Wildman–Crippen LogP) is 3.58. The van der Waals surface area contributed by atoms with E-state index in [2.05, 4.69) is 6.92 Å². The van der Waals surface area contributed by atoms with Crippen molar-refractivity contribution in [2.45, 2.75) is 41.9 Å². The second-order valence-corrected chi connectivity index (χ2v) is 9.25. The Bertz CT molecular complexity index is 865. The normalized spacial score (nSPS) is 25.2. The molecular weight excluding hydrogens is 370 g/mol. The molecule has 0 radical (unpaired) electrons. The van der Waals surface area contributed by atoms with Gasteiger partial charge in [0.05, 0.1) is 22.3 Å². The molecule has 0 bridgehead atoms. The van der Waals surface area contributed by atoms with Crippen molar-refractivity contribution in [3.8, 4) is 0 Å². The quantitative estimate of drug-likeness (QED) is 0.780. The highest BCUT2D eigenvalue weighted by Gasteiger charge is 2.69. The number of benzene rings is 2. The first-order valence-corrected chi connectivity index (χ1v) is 10.7. The Morgan fingerprint density at radius 1 is 1.08 bits per heavy atom. The number of aryl methyl sites for hydroxylation is 1. The zero-order chi connectivity index (χ0) is 18.9. The Labute approximate surface area is 160 Å². The molecule has 0 aliphatic heterocycles. The summed E-state index contributed by atoms with van der Waals surface area (Å²) < 4.78 is 32.0. The van der Waals surface area contributed by atoms with Gasteiger partial charge in [-0.25, -0.2) is 8.42 Å². The molecule has 140 valence electrons. The molecule has 0 heterocycles. The number of sulfone groups is 1. The minimum Gasteiger partial charge on any atom is -0.380 e. The molecule has 0 amide bonds. The van der Waals surface area contributed by atoms with Crippen molar-refractivity contribution >= 4 is 21.4 Å². The van der Waals surface area contributed by atoms with Crippen LogP contribution in [0.15, 0.2) is 53.4 Å². The molecule has 6 heteroatoms. The number of rotatable bonds is 7. The van der Waals surface area contributed by atoms with Gasteiger partial charge in [0, 0.05) is 17.5 Å². The fourth-order valence-corrected chi connectivity index (χ4v) is 5.98. The minimum absolute atomic E-state index is 0.210. The van der Waals surface area contributed by atoms with Crippen LogP contribution >= 0.6 is 11.6 Å². The van der Waals surface area contributed by atoms with Crippen LogP contribution in [0.25, 0.3) is 0 Å². The topological polar surface area (TPSA) is 69.4 Å². The summed E-state index contributed by atoms with van der Waals surface area (Å²) in [5.74, 6) is -0.291. The monoisotopic (exact) mass is 393 g/mol. The van der Waals surface area contributed by atoms with E-state index in [-0.39, 0.29) is 17.4 Å². The molecule has 1 aliphatic rings. The lowest BCUT2D eigenvalue weighted by atomic mass is 10.0. The summed E-state index contributed by atoms with van der Waals surface area (Å²) in [5.41, 5.74) is 7.76. The highest BCUT2D eigenvalue weighted by atomic mass is 35.5. The van der Waals surface area contributed by atoms with Crippen LogP contribution < -0.4 is 5.73 Å². The Balaban J connectivity index is 1.97. The lowest BCUT2D eigenvalue weighted by molar-refractivity contribution is 0.125. The van der Waals surface area contributed by atoms with Gasteiger partial charge < -0.3 is 10.5 Å². The summed E-state index contributed by atoms with van der Waals surface area (Å²) in [6.07, 6.45) is 0.935. The van der Waals surface area contributed by atoms with E-state index in [4.69, 9.17) is 22.1 Å². The van der Waals surface area contributed by atoms with Gasteiger partial charge in [0.25, 0.3) is 0 Å². The van der Waals surface area contributed by atoms with E-state index in [0.29, 0.717) is 11.6 Å². The molecule has 2 aromatic carbocycles. The molecule has 0 spiro atoms. The Hall–Kier alpha value is -1.40. The second-order valence-electron chi connectivity index (χ2n) is 6.74. The molecule has 0 unspecified atom stereocenters. The third-order valence-electron chi connectivity index (χ3n) is 5.08. The summed E-state index contributed by atoms with van der Waals surface area (Å²) >= 11 is 5.90. The lowest BCUT2D eigenvalue weighted by Gasteiger charge is -2.12. The van der Waals surface area contributed by atoms with E-state index < -0.39 is 20.6 Å². The van der Waals surface area contributed by atoms with Crippen molar-refractivity contribution in [1.29, 1.82) is 0 Å². The predicted molar refractivity (Wildman–Crippen MR) is 104 cm³/mol. The molecule has 3 atom stereocenters. The van der Waals surface area contributed by atoms with Crippen LogP contribution in [-0.2, 0) is 21.0 Å². The average Bonchev–Trinajstić information content (AvgIpc) is 3.27. The van der Waals surface area contributed by atoms with Crippen LogP contribution in [-0.4, -0.2) is 32.4 Å². The molecule has 1 aliphatic carbocycles. The molecule has 2 aromatic rings. The van der Waals surface area contributed by atoms with Crippen LogP contribution in [0.2, 0.25) is 5.02 Å². The molecule has 26 heavy (non-hydrogen) atoms. The van der Waals surface area contributed by atoms with Crippen molar-refractivity contribution in [1.82, 2.24) is 0 Å². The molecule has 1 fully saturated rings.